The Morgan fingerprint density at radius 3 is 3.00 bits per heavy atom. The molecule has 5 heteroatoms. The number of ether oxygens (including phenoxy) is 1. The Hall–Kier alpha value is -3.52. The summed E-state index contributed by atoms with van der Waals surface area (Å²) >= 11 is 0. The second-order valence-electron chi connectivity index (χ2n) is 8.88. The fourth-order valence-corrected chi connectivity index (χ4v) is 5.42. The standard InChI is InChI=1S/C27H26N2O3/c1-3-14-28-25(31)9-6-13-27(2)21-7-4-5-8-22(21)29-15-12-23-20(26(27)29)16-18-10-11-19(30)17-24(18)32-23/h1,4-5,7-8,10-11,16-17,23H,6,9,12-15H2,2H3,(H,28,31). The Balaban J connectivity index is 1.53. The second kappa shape index (κ2) is 7.87. The Bertz CT molecular complexity index is 1160. The van der Waals surface area contributed by atoms with Gasteiger partial charge < -0.3 is 15.0 Å². The van der Waals surface area contributed by atoms with E-state index >= 15 is 0 Å². The largest absolute Gasteiger partial charge is 0.485 e. The Kier molecular flexibility index (Phi) is 5.01. The summed E-state index contributed by atoms with van der Waals surface area (Å²) in [7, 11) is 0. The van der Waals surface area contributed by atoms with Gasteiger partial charge in [0.05, 0.1) is 6.54 Å². The molecule has 2 unspecified atom stereocenters. The predicted molar refractivity (Wildman–Crippen MR) is 124 cm³/mol. The van der Waals surface area contributed by atoms with Crippen molar-refractivity contribution in [3.63, 3.8) is 0 Å². The average Bonchev–Trinajstić information content (AvgIpc) is 3.05. The van der Waals surface area contributed by atoms with Crippen LogP contribution in [0.25, 0.3) is 0 Å². The molecule has 0 fully saturated rings. The number of nitrogens with one attached hydrogen (secondary N) is 1. The molecule has 0 aromatic heterocycles. The highest BCUT2D eigenvalue weighted by atomic mass is 16.5. The lowest BCUT2D eigenvalue weighted by atomic mass is 9.74. The van der Waals surface area contributed by atoms with Crippen LogP contribution < -0.4 is 10.2 Å². The summed E-state index contributed by atoms with van der Waals surface area (Å²) < 4.78 is 6.31. The van der Waals surface area contributed by atoms with Crippen molar-refractivity contribution in [1.82, 2.24) is 5.32 Å². The van der Waals surface area contributed by atoms with Gasteiger partial charge in [0, 0.05) is 53.4 Å². The van der Waals surface area contributed by atoms with E-state index in [2.05, 4.69) is 53.4 Å². The highest BCUT2D eigenvalue weighted by Gasteiger charge is 2.48. The molecule has 0 bridgehead atoms. The molecule has 5 nitrogen and oxygen atoms in total. The van der Waals surface area contributed by atoms with E-state index in [0.29, 0.717) is 12.2 Å². The summed E-state index contributed by atoms with van der Waals surface area (Å²) in [5.41, 5.74) is 5.68. The third-order valence-electron chi connectivity index (χ3n) is 6.85. The quantitative estimate of drug-likeness (QED) is 0.730. The van der Waals surface area contributed by atoms with Crippen molar-refractivity contribution in [3.8, 4) is 12.3 Å². The first-order chi connectivity index (χ1) is 15.5. The van der Waals surface area contributed by atoms with Gasteiger partial charge in [-0.1, -0.05) is 24.1 Å². The molecular formula is C27H26N2O3. The number of benzene rings is 1. The number of amides is 1. The molecular weight excluding hydrogens is 400 g/mol. The maximum atomic E-state index is 12.1. The Morgan fingerprint density at radius 2 is 2.16 bits per heavy atom. The average molecular weight is 427 g/mol. The first kappa shape index (κ1) is 20.4. The van der Waals surface area contributed by atoms with E-state index in [9.17, 15) is 9.59 Å². The van der Waals surface area contributed by atoms with Gasteiger partial charge in [0.1, 0.15) is 11.9 Å². The number of nitrogens with zero attached hydrogens (tertiary/aromatic N) is 1. The van der Waals surface area contributed by atoms with E-state index in [-0.39, 0.29) is 29.8 Å². The zero-order chi connectivity index (χ0) is 22.3. The first-order valence-corrected chi connectivity index (χ1v) is 11.2. The van der Waals surface area contributed by atoms with Crippen LogP contribution in [0.2, 0.25) is 0 Å². The van der Waals surface area contributed by atoms with Crippen LogP contribution in [-0.4, -0.2) is 30.9 Å². The number of carbonyl (C=O) groups is 2. The number of fused-ring (bicyclic) bond motifs is 5. The number of terminal acetylenes is 1. The summed E-state index contributed by atoms with van der Waals surface area (Å²) in [6.45, 7) is 3.40. The van der Waals surface area contributed by atoms with Crippen LogP contribution in [0.4, 0.5) is 5.69 Å². The van der Waals surface area contributed by atoms with Crippen molar-refractivity contribution in [2.75, 3.05) is 18.0 Å². The third-order valence-corrected chi connectivity index (χ3v) is 6.85. The van der Waals surface area contributed by atoms with E-state index in [1.54, 1.807) is 12.2 Å². The minimum atomic E-state index is -0.229. The third kappa shape index (κ3) is 3.27. The van der Waals surface area contributed by atoms with Gasteiger partial charge in [-0.05, 0) is 49.6 Å². The van der Waals surface area contributed by atoms with E-state index in [1.807, 2.05) is 6.08 Å². The number of rotatable bonds is 5. The maximum Gasteiger partial charge on any atom is 0.220 e. The van der Waals surface area contributed by atoms with Crippen molar-refractivity contribution in [3.05, 3.63) is 76.7 Å². The van der Waals surface area contributed by atoms with Crippen LogP contribution in [0.1, 0.15) is 38.2 Å². The Labute approximate surface area is 188 Å². The molecule has 1 N–H and O–H groups in total. The molecule has 1 aromatic rings. The smallest absolute Gasteiger partial charge is 0.220 e. The number of anilines is 1. The molecule has 5 rings (SSSR count). The minimum absolute atomic E-state index is 0.0104. The summed E-state index contributed by atoms with van der Waals surface area (Å²) in [4.78, 5) is 26.4. The Morgan fingerprint density at radius 1 is 1.31 bits per heavy atom. The van der Waals surface area contributed by atoms with E-state index in [0.717, 1.165) is 31.4 Å². The van der Waals surface area contributed by atoms with E-state index in [4.69, 9.17) is 11.2 Å². The van der Waals surface area contributed by atoms with Gasteiger partial charge >= 0.3 is 0 Å². The number of hydrogen-bond acceptors (Lipinski definition) is 4. The number of carbonyl (C=O) groups excluding carboxylic acids is 2. The van der Waals surface area contributed by atoms with Crippen LogP contribution in [0.3, 0.4) is 0 Å². The molecule has 0 radical (unpaired) electrons. The van der Waals surface area contributed by atoms with Crippen LogP contribution >= 0.6 is 0 Å². The SMILES string of the molecule is C#CCNC(=O)CCCC1(C)C2=C3C=C4C=CC(=O)C=C4OC3CCN2c2ccccc21. The van der Waals surface area contributed by atoms with Crippen molar-refractivity contribution in [2.24, 2.45) is 0 Å². The van der Waals surface area contributed by atoms with Gasteiger partial charge in [0.2, 0.25) is 5.91 Å². The van der Waals surface area contributed by atoms with Gasteiger partial charge in [-0.15, -0.1) is 6.42 Å². The van der Waals surface area contributed by atoms with Gasteiger partial charge in [-0.3, -0.25) is 9.59 Å². The molecule has 4 aliphatic rings. The monoisotopic (exact) mass is 426 g/mol. The number of para-hydroxylation sites is 1. The first-order valence-electron chi connectivity index (χ1n) is 11.2. The van der Waals surface area contributed by atoms with E-state index in [1.165, 1.54) is 22.5 Å². The highest BCUT2D eigenvalue weighted by molar-refractivity contribution is 6.02. The number of hydrogen-bond donors (Lipinski definition) is 1. The molecule has 1 aromatic carbocycles. The van der Waals surface area contributed by atoms with Crippen LogP contribution in [0.15, 0.2) is 71.2 Å². The van der Waals surface area contributed by atoms with Crippen LogP contribution in [0.5, 0.6) is 0 Å². The summed E-state index contributed by atoms with van der Waals surface area (Å²) in [5, 5.41) is 2.76. The van der Waals surface area contributed by atoms with Crippen molar-refractivity contribution in [2.45, 2.75) is 44.1 Å². The highest BCUT2D eigenvalue weighted by Crippen LogP contribution is 2.54. The fraction of sp³-hybridized carbons (Fsp3) is 0.333. The fourth-order valence-electron chi connectivity index (χ4n) is 5.42. The molecule has 0 saturated carbocycles. The lowest BCUT2D eigenvalue weighted by molar-refractivity contribution is -0.121. The van der Waals surface area contributed by atoms with Crippen molar-refractivity contribution in [1.29, 1.82) is 0 Å². The number of ketones is 1. The summed E-state index contributed by atoms with van der Waals surface area (Å²) in [5.74, 6) is 3.07. The summed E-state index contributed by atoms with van der Waals surface area (Å²) in [6.07, 6.45) is 15.3. The molecule has 1 aliphatic carbocycles. The van der Waals surface area contributed by atoms with E-state index < -0.39 is 0 Å². The number of allylic oxidation sites excluding steroid dienone is 4. The molecule has 3 aliphatic heterocycles. The molecule has 1 amide bonds. The van der Waals surface area contributed by atoms with Gasteiger partial charge in [-0.25, -0.2) is 0 Å². The molecule has 0 saturated heterocycles. The van der Waals surface area contributed by atoms with Gasteiger partial charge in [-0.2, -0.15) is 0 Å². The lowest BCUT2D eigenvalue weighted by Gasteiger charge is -2.41. The normalized spacial score (nSPS) is 24.9. The summed E-state index contributed by atoms with van der Waals surface area (Å²) in [6, 6.07) is 8.56. The minimum Gasteiger partial charge on any atom is -0.485 e. The second-order valence-corrected chi connectivity index (χ2v) is 8.88. The lowest BCUT2D eigenvalue weighted by Crippen LogP contribution is -2.40. The molecule has 32 heavy (non-hydrogen) atoms. The maximum absolute atomic E-state index is 12.1. The van der Waals surface area contributed by atoms with Gasteiger partial charge in [0.15, 0.2) is 5.78 Å². The molecule has 2 atom stereocenters. The zero-order valence-corrected chi connectivity index (χ0v) is 18.2. The van der Waals surface area contributed by atoms with Crippen molar-refractivity contribution >= 4 is 17.4 Å². The molecule has 0 spiro atoms. The topological polar surface area (TPSA) is 58.6 Å². The molecule has 162 valence electrons. The predicted octanol–water partition coefficient (Wildman–Crippen LogP) is 3.69. The van der Waals surface area contributed by atoms with Crippen molar-refractivity contribution < 1.29 is 14.3 Å². The van der Waals surface area contributed by atoms with Crippen LogP contribution in [0, 0.1) is 12.3 Å². The van der Waals surface area contributed by atoms with Gasteiger partial charge in [0.25, 0.3) is 0 Å². The molecule has 3 heterocycles. The zero-order valence-electron chi connectivity index (χ0n) is 18.2. The van der Waals surface area contributed by atoms with Crippen LogP contribution in [-0.2, 0) is 19.7 Å².